The molecule has 5 heteroatoms. The third kappa shape index (κ3) is 4.80. The fourth-order valence-electron chi connectivity index (χ4n) is 2.23. The summed E-state index contributed by atoms with van der Waals surface area (Å²) in [7, 11) is 1.39. The molecule has 0 aliphatic heterocycles. The zero-order chi connectivity index (χ0) is 15.2. The predicted molar refractivity (Wildman–Crippen MR) is 80.4 cm³/mol. The van der Waals surface area contributed by atoms with Gasteiger partial charge in [-0.15, -0.1) is 11.8 Å². The minimum atomic E-state index is -0.719. The highest BCUT2D eigenvalue weighted by Gasteiger charge is 2.35. The molecule has 0 saturated carbocycles. The number of methoxy groups -OCH3 is 1. The van der Waals surface area contributed by atoms with Crippen molar-refractivity contribution >= 4 is 17.7 Å². The van der Waals surface area contributed by atoms with E-state index >= 15 is 0 Å². The van der Waals surface area contributed by atoms with Gasteiger partial charge in [-0.05, 0) is 38.1 Å². The number of halogens is 1. The van der Waals surface area contributed by atoms with Gasteiger partial charge in [0, 0.05) is 10.1 Å². The minimum absolute atomic E-state index is 0.153. The third-order valence-electron chi connectivity index (χ3n) is 3.03. The Hall–Kier alpha value is -1.07. The highest BCUT2D eigenvalue weighted by Crippen LogP contribution is 2.29. The lowest BCUT2D eigenvalue weighted by atomic mass is 9.96. The van der Waals surface area contributed by atoms with Crippen LogP contribution in [0.15, 0.2) is 29.2 Å². The number of likely N-dealkylation sites (N-methyl/N-ethyl adjacent to an activating group) is 1. The van der Waals surface area contributed by atoms with Crippen LogP contribution in [0.2, 0.25) is 0 Å². The molecule has 1 rings (SSSR count). The first-order valence-electron chi connectivity index (χ1n) is 6.67. The molecule has 112 valence electrons. The van der Waals surface area contributed by atoms with Crippen molar-refractivity contribution in [3.8, 4) is 0 Å². The molecule has 0 spiro atoms. The fourth-order valence-corrected chi connectivity index (χ4v) is 3.45. The second-order valence-corrected chi connectivity index (χ2v) is 6.46. The fraction of sp³-hybridized carbons (Fsp3) is 0.533. The van der Waals surface area contributed by atoms with Crippen LogP contribution in [0.1, 0.15) is 27.2 Å². The maximum absolute atomic E-state index is 13.2. The van der Waals surface area contributed by atoms with E-state index in [1.807, 2.05) is 26.8 Å². The van der Waals surface area contributed by atoms with Crippen LogP contribution in [0.25, 0.3) is 0 Å². The molecule has 3 nitrogen and oxygen atoms in total. The Labute approximate surface area is 124 Å². The lowest BCUT2D eigenvalue weighted by Crippen LogP contribution is -2.51. The van der Waals surface area contributed by atoms with E-state index in [1.165, 1.54) is 19.2 Å². The summed E-state index contributed by atoms with van der Waals surface area (Å²) in [5, 5.41) is 3.33. The average Bonchev–Trinajstić information content (AvgIpc) is 2.37. The number of thioether (sulfide) groups is 1. The molecular formula is C15H22FNO2S. The molecule has 0 saturated heterocycles. The van der Waals surface area contributed by atoms with Crippen LogP contribution >= 0.6 is 11.8 Å². The Balaban J connectivity index is 2.71. The molecule has 0 amide bonds. The highest BCUT2D eigenvalue weighted by atomic mass is 32.2. The van der Waals surface area contributed by atoms with Crippen LogP contribution in [0.4, 0.5) is 4.39 Å². The number of hydrogen-bond donors (Lipinski definition) is 1. The topological polar surface area (TPSA) is 38.3 Å². The number of benzene rings is 1. The number of carbonyl (C=O) groups excluding carboxylic acids is 1. The van der Waals surface area contributed by atoms with Gasteiger partial charge in [0.2, 0.25) is 0 Å². The average molecular weight is 299 g/mol. The molecule has 0 bridgehead atoms. The highest BCUT2D eigenvalue weighted by molar-refractivity contribution is 7.99. The summed E-state index contributed by atoms with van der Waals surface area (Å²) in [4.78, 5) is 12.8. The summed E-state index contributed by atoms with van der Waals surface area (Å²) >= 11 is 1.55. The van der Waals surface area contributed by atoms with Crippen molar-refractivity contribution in [2.45, 2.75) is 42.9 Å². The number of ether oxygens (including phenoxy) is 1. The first-order chi connectivity index (χ1) is 9.41. The molecule has 0 fully saturated rings. The monoisotopic (exact) mass is 299 g/mol. The SMILES string of the molecule is CCNC(C)(CC(C)Sc1cccc(F)c1)C(=O)OC. The smallest absolute Gasteiger partial charge is 0.325 e. The number of nitrogens with one attached hydrogen (secondary N) is 1. The van der Waals surface area contributed by atoms with Crippen LogP contribution in [-0.2, 0) is 9.53 Å². The van der Waals surface area contributed by atoms with Crippen LogP contribution < -0.4 is 5.32 Å². The van der Waals surface area contributed by atoms with Gasteiger partial charge in [0.1, 0.15) is 11.4 Å². The molecule has 2 unspecified atom stereocenters. The van der Waals surface area contributed by atoms with Gasteiger partial charge in [-0.25, -0.2) is 4.39 Å². The Bertz CT molecular complexity index is 455. The van der Waals surface area contributed by atoms with Gasteiger partial charge in [0.05, 0.1) is 7.11 Å². The lowest BCUT2D eigenvalue weighted by Gasteiger charge is -2.30. The summed E-state index contributed by atoms with van der Waals surface area (Å²) in [6.45, 7) is 6.49. The zero-order valence-electron chi connectivity index (χ0n) is 12.4. The van der Waals surface area contributed by atoms with Gasteiger partial charge in [0.15, 0.2) is 0 Å². The Kier molecular flexibility index (Phi) is 6.49. The standard InChI is InChI=1S/C15H22FNO2S/c1-5-17-15(3,14(18)19-4)10-11(2)20-13-8-6-7-12(16)9-13/h6-9,11,17H,5,10H2,1-4H3. The Morgan fingerprint density at radius 1 is 1.55 bits per heavy atom. The van der Waals surface area contributed by atoms with Crippen molar-refractivity contribution in [3.05, 3.63) is 30.1 Å². The molecular weight excluding hydrogens is 277 g/mol. The van der Waals surface area contributed by atoms with Crippen molar-refractivity contribution < 1.29 is 13.9 Å². The molecule has 1 aromatic carbocycles. The van der Waals surface area contributed by atoms with Crippen molar-refractivity contribution in [3.63, 3.8) is 0 Å². The predicted octanol–water partition coefficient (Wildman–Crippen LogP) is 3.24. The van der Waals surface area contributed by atoms with E-state index < -0.39 is 5.54 Å². The van der Waals surface area contributed by atoms with E-state index in [1.54, 1.807) is 17.8 Å². The summed E-state index contributed by atoms with van der Waals surface area (Å²) in [5.41, 5.74) is -0.719. The zero-order valence-corrected chi connectivity index (χ0v) is 13.2. The number of esters is 1. The van der Waals surface area contributed by atoms with Crippen molar-refractivity contribution in [1.82, 2.24) is 5.32 Å². The first-order valence-corrected chi connectivity index (χ1v) is 7.55. The molecule has 0 aliphatic carbocycles. The van der Waals surface area contributed by atoms with Crippen LogP contribution in [0, 0.1) is 5.82 Å². The summed E-state index contributed by atoms with van der Waals surface area (Å²) in [5.74, 6) is -0.518. The maximum Gasteiger partial charge on any atom is 0.325 e. The van der Waals surface area contributed by atoms with Gasteiger partial charge in [-0.2, -0.15) is 0 Å². The second kappa shape index (κ2) is 7.64. The van der Waals surface area contributed by atoms with Gasteiger partial charge >= 0.3 is 5.97 Å². The quantitative estimate of drug-likeness (QED) is 0.619. The minimum Gasteiger partial charge on any atom is -0.468 e. The van der Waals surface area contributed by atoms with E-state index in [4.69, 9.17) is 4.74 Å². The van der Waals surface area contributed by atoms with E-state index in [9.17, 15) is 9.18 Å². The van der Waals surface area contributed by atoms with Gasteiger partial charge in [-0.3, -0.25) is 4.79 Å². The number of hydrogen-bond acceptors (Lipinski definition) is 4. The lowest BCUT2D eigenvalue weighted by molar-refractivity contribution is -0.148. The van der Waals surface area contributed by atoms with Crippen molar-refractivity contribution in [1.29, 1.82) is 0 Å². The third-order valence-corrected chi connectivity index (χ3v) is 4.13. The van der Waals surface area contributed by atoms with Crippen molar-refractivity contribution in [2.75, 3.05) is 13.7 Å². The number of carbonyl (C=O) groups is 1. The normalized spacial score (nSPS) is 15.4. The molecule has 2 atom stereocenters. The molecule has 0 radical (unpaired) electrons. The molecule has 1 aromatic rings. The van der Waals surface area contributed by atoms with Gasteiger partial charge in [-0.1, -0.05) is 19.9 Å². The second-order valence-electron chi connectivity index (χ2n) is 4.94. The van der Waals surface area contributed by atoms with Crippen molar-refractivity contribution in [2.24, 2.45) is 0 Å². The summed E-state index contributed by atoms with van der Waals surface area (Å²) in [6, 6.07) is 6.48. The molecule has 0 heterocycles. The van der Waals surface area contributed by atoms with E-state index in [-0.39, 0.29) is 17.0 Å². The molecule has 0 aromatic heterocycles. The van der Waals surface area contributed by atoms with Gasteiger partial charge < -0.3 is 10.1 Å². The summed E-state index contributed by atoms with van der Waals surface area (Å²) in [6.07, 6.45) is 0.606. The van der Waals surface area contributed by atoms with E-state index in [0.29, 0.717) is 13.0 Å². The molecule has 20 heavy (non-hydrogen) atoms. The van der Waals surface area contributed by atoms with Crippen LogP contribution in [-0.4, -0.2) is 30.4 Å². The van der Waals surface area contributed by atoms with Crippen LogP contribution in [0.5, 0.6) is 0 Å². The first kappa shape index (κ1) is 17.0. The number of rotatable bonds is 7. The summed E-state index contributed by atoms with van der Waals surface area (Å²) < 4.78 is 18.0. The van der Waals surface area contributed by atoms with E-state index in [2.05, 4.69) is 5.32 Å². The maximum atomic E-state index is 13.2. The molecule has 1 N–H and O–H groups in total. The Morgan fingerprint density at radius 3 is 2.80 bits per heavy atom. The van der Waals surface area contributed by atoms with Gasteiger partial charge in [0.25, 0.3) is 0 Å². The van der Waals surface area contributed by atoms with E-state index in [0.717, 1.165) is 4.90 Å². The Morgan fingerprint density at radius 2 is 2.25 bits per heavy atom. The van der Waals surface area contributed by atoms with Crippen LogP contribution in [0.3, 0.4) is 0 Å². The molecule has 0 aliphatic rings. The largest absolute Gasteiger partial charge is 0.468 e.